The number of halogens is 1. The summed E-state index contributed by atoms with van der Waals surface area (Å²) in [6.07, 6.45) is 11.0. The van der Waals surface area contributed by atoms with E-state index in [-0.39, 0.29) is 17.9 Å². The van der Waals surface area contributed by atoms with E-state index in [4.69, 9.17) is 10.3 Å². The quantitative estimate of drug-likeness (QED) is 0.922. The summed E-state index contributed by atoms with van der Waals surface area (Å²) in [5.41, 5.74) is 5.93. The summed E-state index contributed by atoms with van der Waals surface area (Å²) >= 11 is 0. The maximum Gasteiger partial charge on any atom is 0.226 e. The van der Waals surface area contributed by atoms with Crippen LogP contribution in [0.2, 0.25) is 0 Å². The Morgan fingerprint density at radius 3 is 2.55 bits per heavy atom. The SMILES string of the molecule is CC(Cc1nc(C2(N)CCC2)no1)C1CCCCC1.Cl. The predicted molar refractivity (Wildman–Crippen MR) is 80.7 cm³/mol. The number of aromatic nitrogens is 2. The number of hydrogen-bond acceptors (Lipinski definition) is 4. The first-order chi connectivity index (χ1) is 9.17. The van der Waals surface area contributed by atoms with Gasteiger partial charge >= 0.3 is 0 Å². The molecule has 1 aromatic heterocycles. The number of nitrogens with two attached hydrogens (primary N) is 1. The minimum atomic E-state index is -0.296. The highest BCUT2D eigenvalue weighted by molar-refractivity contribution is 5.85. The topological polar surface area (TPSA) is 64.9 Å². The first-order valence-electron chi connectivity index (χ1n) is 7.79. The van der Waals surface area contributed by atoms with E-state index in [1.165, 1.54) is 38.5 Å². The Hall–Kier alpha value is -0.610. The molecule has 20 heavy (non-hydrogen) atoms. The van der Waals surface area contributed by atoms with Gasteiger partial charge in [0.05, 0.1) is 5.54 Å². The van der Waals surface area contributed by atoms with Crippen LogP contribution in [-0.4, -0.2) is 10.1 Å². The van der Waals surface area contributed by atoms with E-state index in [0.29, 0.717) is 5.92 Å². The van der Waals surface area contributed by atoms with Crippen molar-refractivity contribution in [2.45, 2.75) is 70.3 Å². The van der Waals surface area contributed by atoms with Crippen molar-refractivity contribution < 1.29 is 4.52 Å². The van der Waals surface area contributed by atoms with Crippen LogP contribution in [0.1, 0.15) is 70.0 Å². The summed E-state index contributed by atoms with van der Waals surface area (Å²) in [6.45, 7) is 2.32. The summed E-state index contributed by atoms with van der Waals surface area (Å²) in [5, 5.41) is 4.10. The molecule has 2 aliphatic rings. The van der Waals surface area contributed by atoms with Gasteiger partial charge in [0.25, 0.3) is 0 Å². The molecule has 0 spiro atoms. The molecule has 1 unspecified atom stereocenters. The van der Waals surface area contributed by atoms with Crippen molar-refractivity contribution in [3.05, 3.63) is 11.7 Å². The summed E-state index contributed by atoms with van der Waals surface area (Å²) in [5.74, 6) is 2.98. The van der Waals surface area contributed by atoms with Gasteiger partial charge in [-0.2, -0.15) is 4.98 Å². The van der Waals surface area contributed by atoms with Gasteiger partial charge in [0.15, 0.2) is 5.82 Å². The smallest absolute Gasteiger partial charge is 0.226 e. The van der Waals surface area contributed by atoms with Gasteiger partial charge in [-0.3, -0.25) is 0 Å². The van der Waals surface area contributed by atoms with Crippen molar-refractivity contribution in [3.63, 3.8) is 0 Å². The molecule has 114 valence electrons. The van der Waals surface area contributed by atoms with E-state index in [9.17, 15) is 0 Å². The van der Waals surface area contributed by atoms with Gasteiger partial charge in [0.2, 0.25) is 5.89 Å². The van der Waals surface area contributed by atoms with Crippen LogP contribution in [-0.2, 0) is 12.0 Å². The molecule has 0 aromatic carbocycles. The van der Waals surface area contributed by atoms with Crippen LogP contribution in [0.3, 0.4) is 0 Å². The zero-order valence-electron chi connectivity index (χ0n) is 12.3. The minimum absolute atomic E-state index is 0. The fourth-order valence-corrected chi connectivity index (χ4v) is 3.47. The van der Waals surface area contributed by atoms with Crippen molar-refractivity contribution in [1.82, 2.24) is 10.1 Å². The Bertz CT molecular complexity index is 425. The lowest BCUT2D eigenvalue weighted by atomic mass is 9.77. The first kappa shape index (κ1) is 15.8. The molecule has 0 saturated heterocycles. The standard InChI is InChI=1S/C15H25N3O.ClH/c1-11(12-6-3-2-4-7-12)10-13-17-14(18-19-13)15(16)8-5-9-15;/h11-12H,2-10,16H2,1H3;1H. The lowest BCUT2D eigenvalue weighted by Gasteiger charge is -2.34. The maximum absolute atomic E-state index is 6.23. The Labute approximate surface area is 127 Å². The van der Waals surface area contributed by atoms with Gasteiger partial charge in [0.1, 0.15) is 0 Å². The molecular weight excluding hydrogens is 274 g/mol. The van der Waals surface area contributed by atoms with Crippen LogP contribution in [0.4, 0.5) is 0 Å². The normalized spacial score (nSPS) is 23.7. The molecular formula is C15H26ClN3O. The third-order valence-corrected chi connectivity index (χ3v) is 5.11. The molecule has 0 amide bonds. The largest absolute Gasteiger partial charge is 0.339 e. The van der Waals surface area contributed by atoms with Crippen molar-refractivity contribution in [3.8, 4) is 0 Å². The van der Waals surface area contributed by atoms with Crippen LogP contribution in [0.25, 0.3) is 0 Å². The van der Waals surface area contributed by atoms with Gasteiger partial charge in [-0.25, -0.2) is 0 Å². The highest BCUT2D eigenvalue weighted by atomic mass is 35.5. The molecule has 4 nitrogen and oxygen atoms in total. The second-order valence-electron chi connectivity index (χ2n) is 6.60. The molecule has 2 saturated carbocycles. The summed E-state index contributed by atoms with van der Waals surface area (Å²) in [7, 11) is 0. The minimum Gasteiger partial charge on any atom is -0.339 e. The van der Waals surface area contributed by atoms with Crippen LogP contribution < -0.4 is 5.73 Å². The molecule has 1 aromatic rings. The third-order valence-electron chi connectivity index (χ3n) is 5.11. The van der Waals surface area contributed by atoms with E-state index in [0.717, 1.165) is 36.9 Å². The fourth-order valence-electron chi connectivity index (χ4n) is 3.47. The van der Waals surface area contributed by atoms with Gasteiger partial charge < -0.3 is 10.3 Å². The average molecular weight is 300 g/mol. The van der Waals surface area contributed by atoms with Crippen molar-refractivity contribution in [2.24, 2.45) is 17.6 Å². The molecule has 0 radical (unpaired) electrons. The zero-order valence-corrected chi connectivity index (χ0v) is 13.1. The Kier molecular flexibility index (Phi) is 5.08. The van der Waals surface area contributed by atoms with Crippen molar-refractivity contribution in [2.75, 3.05) is 0 Å². The van der Waals surface area contributed by atoms with Crippen LogP contribution >= 0.6 is 12.4 Å². The Morgan fingerprint density at radius 1 is 1.25 bits per heavy atom. The van der Waals surface area contributed by atoms with Crippen LogP contribution in [0.5, 0.6) is 0 Å². The summed E-state index contributed by atoms with van der Waals surface area (Å²) < 4.78 is 5.41. The van der Waals surface area contributed by atoms with Gasteiger partial charge in [-0.05, 0) is 31.1 Å². The van der Waals surface area contributed by atoms with Gasteiger partial charge in [0, 0.05) is 6.42 Å². The van der Waals surface area contributed by atoms with Gasteiger partial charge in [-0.1, -0.05) is 44.2 Å². The monoisotopic (exact) mass is 299 g/mol. The van der Waals surface area contributed by atoms with Crippen molar-refractivity contribution >= 4 is 12.4 Å². The number of hydrogen-bond donors (Lipinski definition) is 1. The summed E-state index contributed by atoms with van der Waals surface area (Å²) in [6, 6.07) is 0. The maximum atomic E-state index is 6.23. The lowest BCUT2D eigenvalue weighted by molar-refractivity contribution is 0.226. The van der Waals surface area contributed by atoms with Crippen LogP contribution in [0, 0.1) is 11.8 Å². The molecule has 0 aliphatic heterocycles. The average Bonchev–Trinajstić information content (AvgIpc) is 2.86. The van der Waals surface area contributed by atoms with E-state index in [1.807, 2.05) is 0 Å². The van der Waals surface area contributed by atoms with E-state index in [2.05, 4.69) is 17.1 Å². The Balaban J connectivity index is 0.00000147. The molecule has 1 heterocycles. The zero-order chi connectivity index (χ0) is 13.3. The molecule has 0 bridgehead atoms. The van der Waals surface area contributed by atoms with E-state index >= 15 is 0 Å². The Morgan fingerprint density at radius 2 is 1.95 bits per heavy atom. The first-order valence-corrected chi connectivity index (χ1v) is 7.79. The van der Waals surface area contributed by atoms with E-state index < -0.39 is 0 Å². The summed E-state index contributed by atoms with van der Waals surface area (Å²) in [4.78, 5) is 4.54. The number of rotatable bonds is 4. The lowest BCUT2D eigenvalue weighted by Crippen LogP contribution is -2.44. The predicted octanol–water partition coefficient (Wildman–Crippen LogP) is 3.59. The van der Waals surface area contributed by atoms with Crippen molar-refractivity contribution in [1.29, 1.82) is 0 Å². The highest BCUT2D eigenvalue weighted by Crippen LogP contribution is 2.37. The van der Waals surface area contributed by atoms with Gasteiger partial charge in [-0.15, -0.1) is 12.4 Å². The molecule has 2 aliphatic carbocycles. The second kappa shape index (κ2) is 6.44. The highest BCUT2D eigenvalue weighted by Gasteiger charge is 2.39. The van der Waals surface area contributed by atoms with Crippen LogP contribution in [0.15, 0.2) is 4.52 Å². The molecule has 5 heteroatoms. The third kappa shape index (κ3) is 3.17. The molecule has 3 rings (SSSR count). The fraction of sp³-hybridized carbons (Fsp3) is 0.867. The second-order valence-corrected chi connectivity index (χ2v) is 6.60. The molecule has 2 N–H and O–H groups in total. The van der Waals surface area contributed by atoms with E-state index in [1.54, 1.807) is 0 Å². The molecule has 1 atom stereocenters. The number of nitrogens with zero attached hydrogens (tertiary/aromatic N) is 2. The molecule has 2 fully saturated rings.